The Balaban J connectivity index is 1.27. The Hall–Kier alpha value is -3.43. The molecule has 2 aromatic heterocycles. The summed E-state index contributed by atoms with van der Waals surface area (Å²) in [5, 5.41) is 0. The summed E-state index contributed by atoms with van der Waals surface area (Å²) in [6, 6.07) is 25.1. The van der Waals surface area contributed by atoms with Gasteiger partial charge in [-0.2, -0.15) is 0 Å². The van der Waals surface area contributed by atoms with E-state index in [0.717, 1.165) is 34.1 Å². The minimum absolute atomic E-state index is 0.0806. The van der Waals surface area contributed by atoms with Crippen molar-refractivity contribution in [1.82, 2.24) is 14.1 Å². The fourth-order valence-corrected chi connectivity index (χ4v) is 9.60. The quantitative estimate of drug-likeness (QED) is 0.182. The summed E-state index contributed by atoms with van der Waals surface area (Å²) in [4.78, 5) is 7.60. The predicted octanol–water partition coefficient (Wildman–Crippen LogP) is 10.2. The van der Waals surface area contributed by atoms with E-state index in [2.05, 4.69) is 94.4 Å². The van der Waals surface area contributed by atoms with Gasteiger partial charge in [0.2, 0.25) is 0 Å². The van der Waals surface area contributed by atoms with Crippen LogP contribution in [-0.2, 0) is 31.7 Å². The second-order valence-corrected chi connectivity index (χ2v) is 15.7. The molecule has 46 heavy (non-hydrogen) atoms. The molecule has 0 radical (unpaired) electrons. The molecule has 2 fully saturated rings. The predicted molar refractivity (Wildman–Crippen MR) is 183 cm³/mol. The fraction of sp³-hybridized carbons (Fsp3) is 0.400. The number of pyridine rings is 1. The Morgan fingerprint density at radius 1 is 0.913 bits per heavy atom. The molecule has 2 atom stereocenters. The van der Waals surface area contributed by atoms with Crippen molar-refractivity contribution in [1.29, 1.82) is 0 Å². The zero-order valence-corrected chi connectivity index (χ0v) is 29.4. The van der Waals surface area contributed by atoms with Gasteiger partial charge in [-0.15, -0.1) is 0 Å². The maximum atomic E-state index is 8.32. The van der Waals surface area contributed by atoms with Gasteiger partial charge in [0.15, 0.2) is 0 Å². The van der Waals surface area contributed by atoms with Crippen LogP contribution < -0.4 is 9.64 Å². The van der Waals surface area contributed by atoms with Gasteiger partial charge in [-0.3, -0.25) is 0 Å². The van der Waals surface area contributed by atoms with E-state index < -0.39 is 6.98 Å². The second kappa shape index (κ2) is 11.1. The van der Waals surface area contributed by atoms with Crippen LogP contribution in [0.15, 0.2) is 79.0 Å². The first-order valence-electron chi connectivity index (χ1n) is 18.2. The zero-order chi connectivity index (χ0) is 34.3. The van der Waals surface area contributed by atoms with E-state index >= 15 is 0 Å². The Kier molecular flexibility index (Phi) is 6.41. The molecule has 3 heterocycles. The normalized spacial score (nSPS) is 21.6. The first-order chi connectivity index (χ1) is 23.3. The molecular weight excluding hydrogens is 748 g/mol. The Morgan fingerprint density at radius 3 is 2.48 bits per heavy atom. The first-order valence-corrected chi connectivity index (χ1v) is 17.9. The van der Waals surface area contributed by atoms with E-state index in [1.807, 2.05) is 41.1 Å². The first kappa shape index (κ1) is 26.6. The van der Waals surface area contributed by atoms with Gasteiger partial charge in [0.05, 0.1) is 0 Å². The molecular formula is C40H44N4OPt. The molecule has 0 N–H and O–H groups in total. The van der Waals surface area contributed by atoms with Crippen molar-refractivity contribution >= 4 is 22.5 Å². The molecule has 6 heteroatoms. The van der Waals surface area contributed by atoms with Gasteiger partial charge in [0.1, 0.15) is 0 Å². The SMILES string of the molecule is [2H]C([2H])([2H])n1[c](=[Pt])n(-c2cc(Oc3ccc4c(c3)N(c3cc(C)ccn3)C3(CCCC3)C3CCCC43)cc(C(C)(C)C)c2)c2ccccc21. The summed E-state index contributed by atoms with van der Waals surface area (Å²) in [5.41, 5.74) is 7.27. The molecule has 240 valence electrons. The number of nitrogens with zero attached hydrogens (tertiary/aromatic N) is 4. The van der Waals surface area contributed by atoms with Gasteiger partial charge in [0, 0.05) is 6.20 Å². The number of aromatic nitrogens is 3. The van der Waals surface area contributed by atoms with E-state index in [-0.39, 0.29) is 11.0 Å². The number of fused-ring (bicyclic) bond motifs is 5. The molecule has 1 aliphatic heterocycles. The molecule has 1 spiro atoms. The minimum atomic E-state index is -2.32. The van der Waals surface area contributed by atoms with Crippen molar-refractivity contribution in [2.75, 3.05) is 4.90 Å². The molecule has 2 saturated carbocycles. The zero-order valence-electron chi connectivity index (χ0n) is 30.1. The number of imidazole rings is 1. The standard InChI is InChI=1S/C40H44N4O.Pt/c1-27-17-20-41-38(21-27)44-37-25-30(15-16-33(37)32-11-10-12-34(32)40(44)18-8-9-19-40)45-31-23-28(39(2,3)4)22-29(24-31)43-26-42(5)35-13-6-7-14-36(35)43;/h6-7,13-17,20-25,32,34H,8-12,18-19H2,1-5H3;/i5D3;. The van der Waals surface area contributed by atoms with Crippen LogP contribution in [0.1, 0.15) is 92.4 Å². The summed E-state index contributed by atoms with van der Waals surface area (Å²) < 4.78 is 35.9. The molecule has 0 bridgehead atoms. The van der Waals surface area contributed by atoms with Crippen molar-refractivity contribution in [3.63, 3.8) is 0 Å². The van der Waals surface area contributed by atoms with Crippen LogP contribution >= 0.6 is 0 Å². The van der Waals surface area contributed by atoms with Gasteiger partial charge in [0.25, 0.3) is 0 Å². The van der Waals surface area contributed by atoms with E-state index in [1.54, 1.807) is 0 Å². The number of hydrogen-bond acceptors (Lipinski definition) is 3. The molecule has 0 saturated heterocycles. The van der Waals surface area contributed by atoms with Gasteiger partial charge in [-0.05, 0) is 25.0 Å². The number of aryl methyl sites for hydroxylation is 2. The molecule has 5 nitrogen and oxygen atoms in total. The third-order valence-corrected chi connectivity index (χ3v) is 11.9. The number of rotatable bonds is 4. The van der Waals surface area contributed by atoms with Crippen molar-refractivity contribution in [3.8, 4) is 17.2 Å². The second-order valence-electron chi connectivity index (χ2n) is 14.7. The van der Waals surface area contributed by atoms with Crippen LogP contribution in [0.2, 0.25) is 0 Å². The summed E-state index contributed by atoms with van der Waals surface area (Å²) >= 11 is 2.14. The van der Waals surface area contributed by atoms with Crippen LogP contribution in [0, 0.1) is 16.6 Å². The molecule has 2 unspecified atom stereocenters. The topological polar surface area (TPSA) is 35.2 Å². The van der Waals surface area contributed by atoms with Gasteiger partial charge in [-0.25, -0.2) is 0 Å². The average molecular weight is 795 g/mol. The third kappa shape index (κ3) is 4.76. The van der Waals surface area contributed by atoms with Crippen molar-refractivity contribution in [3.05, 3.63) is 99.5 Å². The summed E-state index contributed by atoms with van der Waals surface area (Å²) in [5.74, 6) is 3.76. The van der Waals surface area contributed by atoms with E-state index in [4.69, 9.17) is 13.8 Å². The number of hydrogen-bond donors (Lipinski definition) is 0. The number of anilines is 2. The molecule has 5 aromatic rings. The van der Waals surface area contributed by atoms with Crippen LogP contribution in [0.4, 0.5) is 11.5 Å². The van der Waals surface area contributed by atoms with Crippen LogP contribution in [-0.4, -0.2) is 19.7 Å². The number of para-hydroxylation sites is 2. The molecule has 3 aromatic carbocycles. The Morgan fingerprint density at radius 2 is 1.72 bits per heavy atom. The van der Waals surface area contributed by atoms with Gasteiger partial charge >= 0.3 is 238 Å². The van der Waals surface area contributed by atoms with E-state index in [9.17, 15) is 0 Å². The number of ether oxygens (including phenoxy) is 1. The maximum absolute atomic E-state index is 8.32. The molecule has 3 aliphatic rings. The van der Waals surface area contributed by atoms with Crippen molar-refractivity contribution in [2.45, 2.75) is 89.5 Å². The molecule has 8 rings (SSSR count). The summed E-state index contributed by atoms with van der Waals surface area (Å²) in [7, 11) is 0. The van der Waals surface area contributed by atoms with Gasteiger partial charge in [-0.1, -0.05) is 19.3 Å². The molecule has 2 aliphatic carbocycles. The Labute approximate surface area is 287 Å². The van der Waals surface area contributed by atoms with Crippen LogP contribution in [0.5, 0.6) is 11.5 Å². The number of benzene rings is 3. The monoisotopic (exact) mass is 794 g/mol. The summed E-state index contributed by atoms with van der Waals surface area (Å²) in [6.07, 6.45) is 10.7. The third-order valence-electron chi connectivity index (χ3n) is 10.8. The van der Waals surface area contributed by atoms with Crippen LogP contribution in [0.3, 0.4) is 0 Å². The van der Waals surface area contributed by atoms with E-state index in [1.165, 1.54) is 66.3 Å². The van der Waals surface area contributed by atoms with Crippen molar-refractivity contribution in [2.24, 2.45) is 12.9 Å². The van der Waals surface area contributed by atoms with E-state index in [0.29, 0.717) is 21.2 Å². The van der Waals surface area contributed by atoms with Crippen LogP contribution in [0.25, 0.3) is 16.7 Å². The molecule has 0 amide bonds. The summed E-state index contributed by atoms with van der Waals surface area (Å²) in [6.45, 7) is 6.43. The Bertz CT molecular complexity index is 2140. The van der Waals surface area contributed by atoms with Gasteiger partial charge < -0.3 is 0 Å². The van der Waals surface area contributed by atoms with Crippen molar-refractivity contribution < 1.29 is 28.2 Å². The average Bonchev–Trinajstić information content (AvgIpc) is 3.79. The fourth-order valence-electron chi connectivity index (χ4n) is 8.76.